The van der Waals surface area contributed by atoms with Crippen molar-refractivity contribution in [2.75, 3.05) is 19.0 Å². The van der Waals surface area contributed by atoms with Crippen molar-refractivity contribution in [3.8, 4) is 0 Å². The first kappa shape index (κ1) is 60.1. The molecule has 64 heavy (non-hydrogen) atoms. The Bertz CT molecular complexity index is 1270. The summed E-state index contributed by atoms with van der Waals surface area (Å²) < 4.78 is 54.2. The molecule has 0 amide bonds. The van der Waals surface area contributed by atoms with Crippen molar-refractivity contribution < 1.29 is 56.8 Å². The number of allylic oxidation sites excluding steroid dienone is 4. The summed E-state index contributed by atoms with van der Waals surface area (Å²) in [5.74, 6) is -1.99. The summed E-state index contributed by atoms with van der Waals surface area (Å²) >= 11 is 0. The molecule has 0 aromatic carbocycles. The van der Waals surface area contributed by atoms with Gasteiger partial charge in [-0.1, -0.05) is 179 Å². The van der Waals surface area contributed by atoms with Gasteiger partial charge in [0.25, 0.3) is 10.1 Å². The average Bonchev–Trinajstić information content (AvgIpc) is 3.26. The van der Waals surface area contributed by atoms with Gasteiger partial charge in [0.2, 0.25) is 0 Å². The molecular weight excluding hydrogens is 837 g/mol. The highest BCUT2D eigenvalue weighted by atomic mass is 32.2. The maximum Gasteiger partial charge on any atom is 0.306 e. The summed E-state index contributed by atoms with van der Waals surface area (Å²) in [6.45, 7) is 3.77. The fourth-order valence-corrected chi connectivity index (χ4v) is 8.65. The van der Waals surface area contributed by atoms with E-state index < -0.39 is 71.2 Å². The molecule has 2 unspecified atom stereocenters. The van der Waals surface area contributed by atoms with Crippen molar-refractivity contribution in [3.05, 3.63) is 24.3 Å². The van der Waals surface area contributed by atoms with Crippen molar-refractivity contribution in [2.24, 2.45) is 0 Å². The Morgan fingerprint density at radius 1 is 0.516 bits per heavy atom. The molecule has 0 bridgehead atoms. The summed E-state index contributed by atoms with van der Waals surface area (Å²) in [6.07, 6.45) is 37.9. The Labute approximate surface area is 389 Å². The molecule has 12 nitrogen and oxygen atoms in total. The predicted octanol–water partition coefficient (Wildman–Crippen LogP) is 11.6. The van der Waals surface area contributed by atoms with Crippen molar-refractivity contribution >= 4 is 22.1 Å². The molecule has 376 valence electrons. The molecule has 1 heterocycles. The minimum absolute atomic E-state index is 0.146. The SMILES string of the molecule is CCCCCCCC/C=C/CCCCCCCCCCCCCC(=O)OC[C@H](CO[C@H]1O[C@H](CS(=O)(=O)O)[C@@H](O)C(O)C1O)OC(=O)CCCCC/C=C/CCCCCCCCCC. The van der Waals surface area contributed by atoms with E-state index in [1.54, 1.807) is 0 Å². The van der Waals surface area contributed by atoms with Gasteiger partial charge in [-0.2, -0.15) is 8.42 Å². The van der Waals surface area contributed by atoms with Crippen LogP contribution in [0.1, 0.15) is 232 Å². The zero-order valence-electron chi connectivity index (χ0n) is 40.4. The Hall–Kier alpha value is -1.87. The highest BCUT2D eigenvalue weighted by Gasteiger charge is 2.46. The van der Waals surface area contributed by atoms with E-state index in [-0.39, 0.29) is 19.4 Å². The predicted molar refractivity (Wildman–Crippen MR) is 256 cm³/mol. The summed E-state index contributed by atoms with van der Waals surface area (Å²) in [6, 6.07) is 0. The van der Waals surface area contributed by atoms with E-state index in [1.807, 2.05) is 0 Å². The molecule has 6 atom stereocenters. The largest absolute Gasteiger partial charge is 0.462 e. The van der Waals surface area contributed by atoms with Crippen LogP contribution in [0.5, 0.6) is 0 Å². The van der Waals surface area contributed by atoms with E-state index in [4.69, 9.17) is 18.9 Å². The van der Waals surface area contributed by atoms with Gasteiger partial charge in [-0.3, -0.25) is 14.1 Å². The normalized spacial score (nSPS) is 19.8. The lowest BCUT2D eigenvalue weighted by atomic mass is 10.00. The smallest absolute Gasteiger partial charge is 0.306 e. The van der Waals surface area contributed by atoms with Gasteiger partial charge in [-0.15, -0.1) is 0 Å². The lowest BCUT2D eigenvalue weighted by molar-refractivity contribution is -0.297. The average molecular weight is 931 g/mol. The minimum Gasteiger partial charge on any atom is -0.462 e. The first-order valence-corrected chi connectivity index (χ1v) is 27.5. The van der Waals surface area contributed by atoms with Crippen LogP contribution in [0.3, 0.4) is 0 Å². The molecule has 0 saturated carbocycles. The molecule has 4 N–H and O–H groups in total. The third-order valence-corrected chi connectivity index (χ3v) is 12.8. The molecule has 0 radical (unpaired) electrons. The van der Waals surface area contributed by atoms with Crippen LogP contribution in [0.15, 0.2) is 24.3 Å². The lowest BCUT2D eigenvalue weighted by Crippen LogP contribution is -2.60. The standard InChI is InChI=1S/C51H94O12S/c1-3-5-7-9-11-13-15-17-19-20-21-22-23-24-26-27-29-31-33-35-37-39-46(52)60-41-44(42-61-51-50(56)49(55)48(54)45(63-51)43-64(57,58)59)62-47(53)40-38-36-34-32-30-28-25-18-16-14-12-10-8-6-4-2/h17,19,28,30,44-45,48-51,54-56H,3-16,18,20-27,29,31-43H2,1-2H3,(H,57,58,59)/b19-17+,30-28+/t44-,45-,48-,49?,50?,51+/m1/s1. The van der Waals surface area contributed by atoms with Crippen LogP contribution in [0, 0.1) is 0 Å². The second-order valence-electron chi connectivity index (χ2n) is 18.2. The molecule has 1 fully saturated rings. The number of esters is 2. The first-order chi connectivity index (χ1) is 31.0. The van der Waals surface area contributed by atoms with Crippen LogP contribution in [-0.2, 0) is 38.7 Å². The van der Waals surface area contributed by atoms with Crippen molar-refractivity contribution in [1.82, 2.24) is 0 Å². The first-order valence-electron chi connectivity index (χ1n) is 25.9. The Kier molecular flexibility index (Phi) is 38.8. The van der Waals surface area contributed by atoms with E-state index >= 15 is 0 Å². The van der Waals surface area contributed by atoms with E-state index in [9.17, 15) is 37.9 Å². The molecule has 1 rings (SSSR count). The van der Waals surface area contributed by atoms with Crippen LogP contribution in [0.4, 0.5) is 0 Å². The number of hydrogen-bond donors (Lipinski definition) is 4. The number of carbonyl (C=O) groups excluding carboxylic acids is 2. The second kappa shape index (κ2) is 41.3. The molecule has 1 aliphatic heterocycles. The van der Waals surface area contributed by atoms with Gasteiger partial charge in [0.1, 0.15) is 36.8 Å². The van der Waals surface area contributed by atoms with Crippen LogP contribution in [0.25, 0.3) is 0 Å². The maximum atomic E-state index is 12.8. The van der Waals surface area contributed by atoms with Gasteiger partial charge < -0.3 is 34.3 Å². The van der Waals surface area contributed by atoms with Gasteiger partial charge in [-0.05, 0) is 64.2 Å². The summed E-state index contributed by atoms with van der Waals surface area (Å²) in [5.41, 5.74) is 0. The van der Waals surface area contributed by atoms with Crippen LogP contribution in [0.2, 0.25) is 0 Å². The second-order valence-corrected chi connectivity index (χ2v) is 19.7. The van der Waals surface area contributed by atoms with Crippen molar-refractivity contribution in [2.45, 2.75) is 269 Å². The quantitative estimate of drug-likeness (QED) is 0.0196. The molecule has 0 aliphatic carbocycles. The highest BCUT2D eigenvalue weighted by Crippen LogP contribution is 2.24. The van der Waals surface area contributed by atoms with Gasteiger partial charge in [0, 0.05) is 12.8 Å². The van der Waals surface area contributed by atoms with Gasteiger partial charge in [0.15, 0.2) is 12.4 Å². The van der Waals surface area contributed by atoms with Gasteiger partial charge in [-0.25, -0.2) is 0 Å². The topological polar surface area (TPSA) is 186 Å². The number of ether oxygens (including phenoxy) is 4. The summed E-state index contributed by atoms with van der Waals surface area (Å²) in [5, 5.41) is 31.0. The monoisotopic (exact) mass is 931 g/mol. The number of aliphatic hydroxyl groups excluding tert-OH is 3. The lowest BCUT2D eigenvalue weighted by Gasteiger charge is -2.40. The van der Waals surface area contributed by atoms with Crippen molar-refractivity contribution in [3.63, 3.8) is 0 Å². The van der Waals surface area contributed by atoms with Crippen LogP contribution < -0.4 is 0 Å². The molecular formula is C51H94O12S. The highest BCUT2D eigenvalue weighted by molar-refractivity contribution is 7.85. The van der Waals surface area contributed by atoms with E-state index in [0.717, 1.165) is 44.9 Å². The fraction of sp³-hybridized carbons (Fsp3) is 0.882. The fourth-order valence-electron chi connectivity index (χ4n) is 7.96. The summed E-state index contributed by atoms with van der Waals surface area (Å²) in [7, 11) is -4.60. The summed E-state index contributed by atoms with van der Waals surface area (Å²) in [4.78, 5) is 25.5. The molecule has 1 aliphatic rings. The van der Waals surface area contributed by atoms with Crippen LogP contribution in [-0.4, -0.2) is 96.0 Å². The maximum absolute atomic E-state index is 12.8. The Balaban J connectivity index is 2.36. The van der Waals surface area contributed by atoms with E-state index in [2.05, 4.69) is 38.2 Å². The molecule has 13 heteroatoms. The number of unbranched alkanes of at least 4 members (excludes halogenated alkanes) is 28. The number of hydrogen-bond acceptors (Lipinski definition) is 11. The third-order valence-electron chi connectivity index (χ3n) is 12.0. The van der Waals surface area contributed by atoms with Gasteiger partial charge in [0.05, 0.1) is 6.61 Å². The molecule has 1 saturated heterocycles. The van der Waals surface area contributed by atoms with Gasteiger partial charge >= 0.3 is 11.9 Å². The zero-order chi connectivity index (χ0) is 46.9. The van der Waals surface area contributed by atoms with E-state index in [0.29, 0.717) is 12.8 Å². The zero-order valence-corrected chi connectivity index (χ0v) is 41.2. The minimum atomic E-state index is -4.60. The Morgan fingerprint density at radius 2 is 0.891 bits per heavy atom. The number of aliphatic hydroxyl groups is 3. The molecule has 0 spiro atoms. The molecule has 0 aromatic rings. The Morgan fingerprint density at radius 3 is 1.31 bits per heavy atom. The third kappa shape index (κ3) is 35.3. The van der Waals surface area contributed by atoms with E-state index in [1.165, 1.54) is 148 Å². The molecule has 0 aromatic heterocycles. The van der Waals surface area contributed by atoms with Crippen molar-refractivity contribution in [1.29, 1.82) is 0 Å². The number of carbonyl (C=O) groups is 2. The van der Waals surface area contributed by atoms with Crippen LogP contribution >= 0.6 is 0 Å². The number of rotatable bonds is 44.